The maximum atomic E-state index is 17.8. The van der Waals surface area contributed by atoms with Crippen molar-refractivity contribution in [3.05, 3.63) is 81.4 Å². The van der Waals surface area contributed by atoms with Crippen LogP contribution < -0.4 is 10.6 Å². The molecular weight excluding hydrogens is 657 g/mol. The second kappa shape index (κ2) is 11.2. The van der Waals surface area contributed by atoms with E-state index in [-0.39, 0.29) is 57.1 Å². The number of rotatable bonds is 4. The molecule has 2 aliphatic heterocycles. The zero-order valence-corrected chi connectivity index (χ0v) is 28.6. The molecule has 11 nitrogen and oxygen atoms in total. The molecule has 3 aromatic heterocycles. The zero-order valence-electron chi connectivity index (χ0n) is 27.0. The van der Waals surface area contributed by atoms with Crippen LogP contribution in [0.5, 0.6) is 0 Å². The lowest BCUT2D eigenvalue weighted by atomic mass is 9.94. The van der Waals surface area contributed by atoms with Gasteiger partial charge in [-0.3, -0.25) is 19.4 Å². The van der Waals surface area contributed by atoms with Crippen LogP contribution in [0.3, 0.4) is 0 Å². The second-order valence-electron chi connectivity index (χ2n) is 12.8. The third kappa shape index (κ3) is 4.58. The first-order valence-corrected chi connectivity index (χ1v) is 17.6. The highest BCUT2D eigenvalue weighted by Crippen LogP contribution is 2.49. The number of H-pyrrole nitrogens is 1. The molecule has 1 N–H and O–H groups in total. The summed E-state index contributed by atoms with van der Waals surface area (Å²) in [5.74, 6) is -1.86. The van der Waals surface area contributed by atoms with Gasteiger partial charge in [-0.25, -0.2) is 17.6 Å². The minimum Gasteiger partial charge on any atom is -0.348 e. The first kappa shape index (κ1) is 32.0. The second-order valence-corrected chi connectivity index (χ2v) is 15.2. The molecule has 0 saturated carbocycles. The van der Waals surface area contributed by atoms with Gasteiger partial charge in [-0.15, -0.1) is 0 Å². The Labute approximate surface area is 281 Å². The smallest absolute Gasteiger partial charge is 0.348 e. The van der Waals surface area contributed by atoms with E-state index in [4.69, 9.17) is 11.6 Å². The summed E-state index contributed by atoms with van der Waals surface area (Å²) in [6, 6.07) is 4.07. The molecule has 2 unspecified atom stereocenters. The Morgan fingerprint density at radius 2 is 1.92 bits per heavy atom. The van der Waals surface area contributed by atoms with Gasteiger partial charge in [0.15, 0.2) is 15.7 Å². The highest BCUT2D eigenvalue weighted by atomic mass is 35.5. The average Bonchev–Trinajstić information content (AvgIpc) is 3.48. The zero-order chi connectivity index (χ0) is 34.4. The highest BCUT2D eigenvalue weighted by molar-refractivity contribution is 7.91. The van der Waals surface area contributed by atoms with Crippen molar-refractivity contribution in [3.8, 4) is 16.8 Å². The van der Waals surface area contributed by atoms with Crippen molar-refractivity contribution in [1.29, 1.82) is 0 Å². The van der Waals surface area contributed by atoms with Crippen LogP contribution in [0.4, 0.5) is 10.2 Å². The number of benzene rings is 2. The van der Waals surface area contributed by atoms with Crippen molar-refractivity contribution in [2.75, 3.05) is 23.7 Å². The number of aromatic amines is 1. The van der Waals surface area contributed by atoms with E-state index in [9.17, 15) is 18.0 Å². The monoisotopic (exact) mass is 689 g/mol. The molecule has 48 heavy (non-hydrogen) atoms. The fourth-order valence-corrected chi connectivity index (χ4v) is 9.69. The lowest BCUT2D eigenvalue weighted by molar-refractivity contribution is -0.128. The molecule has 0 radical (unpaired) electrons. The summed E-state index contributed by atoms with van der Waals surface area (Å²) in [5.41, 5.74) is 1.78. The van der Waals surface area contributed by atoms with Gasteiger partial charge in [0, 0.05) is 41.8 Å². The van der Waals surface area contributed by atoms with Crippen LogP contribution in [0.1, 0.15) is 43.5 Å². The Morgan fingerprint density at radius 3 is 2.62 bits per heavy atom. The summed E-state index contributed by atoms with van der Waals surface area (Å²) >= 11 is 7.14. The average molecular weight is 690 g/mol. The van der Waals surface area contributed by atoms with Gasteiger partial charge >= 0.3 is 5.69 Å². The molecule has 2 atom stereocenters. The van der Waals surface area contributed by atoms with E-state index in [1.807, 2.05) is 20.8 Å². The number of carbonyl (C=O) groups excluding carboxylic acids is 1. The number of amides is 1. The number of nitrogens with one attached hydrogen (secondary N) is 1. The molecule has 5 aromatic rings. The number of hydrogen-bond acceptors (Lipinski definition) is 8. The Morgan fingerprint density at radius 1 is 1.17 bits per heavy atom. The van der Waals surface area contributed by atoms with E-state index in [1.165, 1.54) is 12.3 Å². The minimum absolute atomic E-state index is 0.00288. The van der Waals surface area contributed by atoms with Crippen LogP contribution in [-0.4, -0.2) is 74.9 Å². The van der Waals surface area contributed by atoms with Crippen molar-refractivity contribution < 1.29 is 17.6 Å². The molecule has 7 rings (SSSR count). The molecule has 14 heteroatoms. The number of aryl methyl sites for hydroxylation is 2. The number of sulfone groups is 1. The standard InChI is InChI=1S/C34H33ClFN7O4S/c1-7-23(44)41-14-20-15-48(46,47)32-26-31(28(36)25(27(32)35)24-17(4)8-9-22-21(24)12-38-40-22)43(30-18(5)10-11-37-29(30)16(2)3)34(45)39-33(26)42(20)13-19(41)6/h7-12,16,19-20H,1,13-15H2,2-6H3,(H,38,40). The molecule has 0 spiro atoms. The maximum absolute atomic E-state index is 17.8. The van der Waals surface area contributed by atoms with Gasteiger partial charge in [0.25, 0.3) is 0 Å². The van der Waals surface area contributed by atoms with Gasteiger partial charge in [-0.05, 0) is 56.0 Å². The number of fused-ring (bicyclic) bond motifs is 3. The predicted octanol–water partition coefficient (Wildman–Crippen LogP) is 5.24. The lowest BCUT2D eigenvalue weighted by Gasteiger charge is -2.44. The third-order valence-electron chi connectivity index (χ3n) is 9.45. The van der Waals surface area contributed by atoms with Crippen molar-refractivity contribution >= 4 is 55.0 Å². The lowest BCUT2D eigenvalue weighted by Crippen LogP contribution is -2.60. The number of carbonyl (C=O) groups is 1. The van der Waals surface area contributed by atoms with Crippen LogP contribution in [0.15, 0.2) is 52.9 Å². The fourth-order valence-electron chi connectivity index (χ4n) is 7.24. The molecular formula is C34H33ClFN7O4S. The molecule has 1 fully saturated rings. The number of piperazine rings is 1. The molecule has 0 bridgehead atoms. The molecule has 1 amide bonds. The van der Waals surface area contributed by atoms with Crippen molar-refractivity contribution in [3.63, 3.8) is 0 Å². The molecule has 5 heterocycles. The van der Waals surface area contributed by atoms with Crippen molar-refractivity contribution in [2.45, 2.75) is 57.5 Å². The fraction of sp³-hybridized carbons (Fsp3) is 0.324. The van der Waals surface area contributed by atoms with Crippen LogP contribution in [-0.2, 0) is 14.6 Å². The van der Waals surface area contributed by atoms with Crippen molar-refractivity contribution in [2.24, 2.45) is 0 Å². The van der Waals surface area contributed by atoms with E-state index in [2.05, 4.69) is 26.7 Å². The highest BCUT2D eigenvalue weighted by Gasteiger charge is 2.44. The summed E-state index contributed by atoms with van der Waals surface area (Å²) in [6.07, 6.45) is 4.33. The van der Waals surface area contributed by atoms with Gasteiger partial charge in [0.2, 0.25) is 5.91 Å². The molecule has 2 aliphatic rings. The Balaban J connectivity index is 1.70. The minimum atomic E-state index is -4.31. The van der Waals surface area contributed by atoms with Gasteiger partial charge in [0.05, 0.1) is 55.7 Å². The topological polar surface area (TPSA) is 134 Å². The normalized spacial score (nSPS) is 18.8. The number of aromatic nitrogens is 5. The molecule has 248 valence electrons. The van der Waals surface area contributed by atoms with Gasteiger partial charge in [0.1, 0.15) is 5.82 Å². The first-order valence-electron chi connectivity index (χ1n) is 15.6. The quantitative estimate of drug-likeness (QED) is 0.200. The number of halogens is 2. The Hall–Kier alpha value is -4.62. The summed E-state index contributed by atoms with van der Waals surface area (Å²) in [5, 5.41) is 7.15. The first-order chi connectivity index (χ1) is 22.8. The summed E-state index contributed by atoms with van der Waals surface area (Å²) in [7, 11) is -4.31. The molecule has 0 aliphatic carbocycles. The van der Waals surface area contributed by atoms with Crippen LogP contribution in [0.2, 0.25) is 5.02 Å². The van der Waals surface area contributed by atoms with Gasteiger partial charge in [-0.1, -0.05) is 38.1 Å². The number of pyridine rings is 1. The van der Waals surface area contributed by atoms with E-state index >= 15 is 4.39 Å². The van der Waals surface area contributed by atoms with E-state index in [1.54, 1.807) is 48.0 Å². The number of anilines is 1. The largest absolute Gasteiger partial charge is 0.354 e. The summed E-state index contributed by atoms with van der Waals surface area (Å²) in [6.45, 7) is 12.9. The SMILES string of the molecule is C=CC(=O)N1CC2CS(=O)(=O)c3c(Cl)c(-c4c(C)ccc5[nH]ncc45)c(F)c4c3c(nc(=O)n4-c3c(C)ccnc3C(C)C)N2CC1C. The van der Waals surface area contributed by atoms with Crippen LogP contribution >= 0.6 is 11.6 Å². The van der Waals surface area contributed by atoms with Gasteiger partial charge in [-0.2, -0.15) is 10.1 Å². The predicted molar refractivity (Wildman–Crippen MR) is 183 cm³/mol. The van der Waals surface area contributed by atoms with E-state index in [0.717, 1.165) is 4.57 Å². The maximum Gasteiger partial charge on any atom is 0.354 e. The van der Waals surface area contributed by atoms with Crippen LogP contribution in [0, 0.1) is 19.7 Å². The van der Waals surface area contributed by atoms with Crippen molar-refractivity contribution in [1.82, 2.24) is 29.6 Å². The number of nitrogens with zero attached hydrogens (tertiary/aromatic N) is 6. The Bertz CT molecular complexity index is 2390. The summed E-state index contributed by atoms with van der Waals surface area (Å²) < 4.78 is 48.3. The molecule has 2 aromatic carbocycles. The number of hydrogen-bond donors (Lipinski definition) is 1. The van der Waals surface area contributed by atoms with Crippen LogP contribution in [0.25, 0.3) is 38.6 Å². The van der Waals surface area contributed by atoms with E-state index < -0.39 is 39.2 Å². The van der Waals surface area contributed by atoms with E-state index in [0.29, 0.717) is 39.0 Å². The summed E-state index contributed by atoms with van der Waals surface area (Å²) in [4.78, 5) is 39.2. The molecule has 1 saturated heterocycles. The van der Waals surface area contributed by atoms with Gasteiger partial charge < -0.3 is 9.80 Å². The Kier molecular flexibility index (Phi) is 7.48. The third-order valence-corrected chi connectivity index (χ3v) is 11.8.